The van der Waals surface area contributed by atoms with Crippen LogP contribution in [0.2, 0.25) is 58.9 Å². The Hall–Kier alpha value is 0.00753. The van der Waals surface area contributed by atoms with E-state index in [-0.39, 0.29) is 12.2 Å². The highest BCUT2D eigenvalue weighted by Crippen LogP contribution is 2.42. The van der Waals surface area contributed by atoms with Crippen molar-refractivity contribution in [2.24, 2.45) is 0 Å². The van der Waals surface area contributed by atoms with Crippen molar-refractivity contribution in [2.75, 3.05) is 0 Å². The molecule has 0 aliphatic heterocycles. The van der Waals surface area contributed by atoms with E-state index in [1.165, 1.54) is 5.56 Å². The fourth-order valence-electron chi connectivity index (χ4n) is 5.35. The summed E-state index contributed by atoms with van der Waals surface area (Å²) in [6.07, 6.45) is 0.373. The van der Waals surface area contributed by atoms with Crippen molar-refractivity contribution >= 4 is 29.6 Å². The Balaban J connectivity index is 3.53. The second kappa shape index (κ2) is 7.94. The first kappa shape index (κ1) is 23.0. The molecule has 0 saturated carbocycles. The summed E-state index contributed by atoms with van der Waals surface area (Å²) in [5.41, 5.74) is 1.23. The second-order valence-corrected chi connectivity index (χ2v) is 50.0. The van der Waals surface area contributed by atoms with E-state index in [0.29, 0.717) is 6.42 Å². The molecule has 0 fully saturated rings. The zero-order chi connectivity index (χ0) is 19.7. The van der Waals surface area contributed by atoms with Crippen molar-refractivity contribution in [3.63, 3.8) is 0 Å². The van der Waals surface area contributed by atoms with Crippen LogP contribution in [-0.4, -0.2) is 40.9 Å². The van der Waals surface area contributed by atoms with Crippen LogP contribution in [0.1, 0.15) is 25.0 Å². The van der Waals surface area contributed by atoms with Gasteiger partial charge in [0.05, 0.1) is 35.0 Å². The zero-order valence-corrected chi connectivity index (χ0v) is 22.1. The van der Waals surface area contributed by atoms with Crippen LogP contribution in [-0.2, 0) is 4.43 Å². The molecule has 6 heteroatoms. The first-order valence-electron chi connectivity index (χ1n) is 9.54. The Bertz CT molecular complexity index is 503. The molecule has 0 bridgehead atoms. The van der Waals surface area contributed by atoms with Gasteiger partial charge >= 0.3 is 0 Å². The summed E-state index contributed by atoms with van der Waals surface area (Å²) in [5.74, 6) is 0. The smallest absolute Gasteiger partial charge is 0.158 e. The van der Waals surface area contributed by atoms with Crippen LogP contribution in [0.3, 0.4) is 0 Å². The minimum atomic E-state index is -1.91. The summed E-state index contributed by atoms with van der Waals surface area (Å²) in [5, 5.41) is 10.2. The highest BCUT2D eigenvalue weighted by molar-refractivity contribution is 7.87. The fourth-order valence-corrected chi connectivity index (χ4v) is 99.3. The number of rotatable bonds is 8. The predicted molar refractivity (Wildman–Crippen MR) is 122 cm³/mol. The van der Waals surface area contributed by atoms with Crippen LogP contribution in [0.4, 0.5) is 0 Å². The first-order valence-corrected chi connectivity index (χ1v) is 24.9. The lowest BCUT2D eigenvalue weighted by Crippen LogP contribution is -2.84. The molecule has 1 aromatic carbocycles. The fraction of sp³-hybridized carbons (Fsp3) is 0.684. The van der Waals surface area contributed by atoms with Crippen molar-refractivity contribution in [3.8, 4) is 0 Å². The van der Waals surface area contributed by atoms with Crippen molar-refractivity contribution in [2.45, 2.75) is 84.5 Å². The maximum Gasteiger partial charge on any atom is 0.158 e. The second-order valence-electron chi connectivity index (χ2n) is 10.5. The van der Waals surface area contributed by atoms with Gasteiger partial charge in [0.15, 0.2) is 6.87 Å². The van der Waals surface area contributed by atoms with Gasteiger partial charge in [0.25, 0.3) is 0 Å². The summed E-state index contributed by atoms with van der Waals surface area (Å²) in [4.78, 5) is 0. The Morgan fingerprint density at radius 3 is 1.52 bits per heavy atom. The minimum absolute atomic E-state index is 0.0260. The highest BCUT2D eigenvalue weighted by Gasteiger charge is 2.64. The Labute approximate surface area is 159 Å². The third-order valence-electron chi connectivity index (χ3n) is 5.21. The molecule has 0 radical (unpaired) electrons. The average Bonchev–Trinajstić information content (AvgIpc) is 2.39. The molecule has 0 heterocycles. The lowest BCUT2D eigenvalue weighted by molar-refractivity contribution is 0.107. The molecule has 2 atom stereocenters. The Kier molecular flexibility index (Phi) is 7.32. The first-order chi connectivity index (χ1) is 11.1. The number of hydrogen-bond acceptors (Lipinski definition) is 2. The van der Waals surface area contributed by atoms with Crippen molar-refractivity contribution in [3.05, 3.63) is 35.9 Å². The molecule has 1 aromatic rings. The van der Waals surface area contributed by atoms with Crippen LogP contribution in [0.15, 0.2) is 30.3 Å². The van der Waals surface area contributed by atoms with Crippen molar-refractivity contribution in [1.82, 2.24) is 0 Å². The van der Waals surface area contributed by atoms with E-state index in [2.05, 4.69) is 89.3 Å². The zero-order valence-electron chi connectivity index (χ0n) is 18.1. The van der Waals surface area contributed by atoms with Gasteiger partial charge in [-0.25, -0.2) is 0 Å². The van der Waals surface area contributed by atoms with Gasteiger partial charge in [-0.15, -0.1) is 0 Å². The molecule has 0 spiro atoms. The van der Waals surface area contributed by atoms with Crippen LogP contribution in [0, 0.1) is 0 Å². The lowest BCUT2D eigenvalue weighted by atomic mass is 10.0. The summed E-state index contributed by atoms with van der Waals surface area (Å²) >= 11 is 0. The van der Waals surface area contributed by atoms with Gasteiger partial charge in [0, 0.05) is 6.42 Å². The molecular formula is C19H40O2Si4. The van der Waals surface area contributed by atoms with Gasteiger partial charge in [-0.3, -0.25) is 0 Å². The molecular weight excluding hydrogens is 373 g/mol. The maximum absolute atomic E-state index is 10.2. The van der Waals surface area contributed by atoms with Crippen LogP contribution in [0.25, 0.3) is 0 Å². The molecule has 144 valence electrons. The van der Waals surface area contributed by atoms with E-state index in [1.54, 1.807) is 0 Å². The average molecular weight is 413 g/mol. The minimum Gasteiger partial charge on any atom is -0.419 e. The van der Waals surface area contributed by atoms with Crippen LogP contribution in [0.5, 0.6) is 0 Å². The summed E-state index contributed by atoms with van der Waals surface area (Å²) in [6, 6.07) is 10.6. The molecule has 1 rings (SSSR count). The van der Waals surface area contributed by atoms with Gasteiger partial charge in [-0.2, -0.15) is 0 Å². The van der Waals surface area contributed by atoms with Crippen molar-refractivity contribution in [1.29, 1.82) is 0 Å². The van der Waals surface area contributed by atoms with Gasteiger partial charge in [0.2, 0.25) is 0 Å². The summed E-state index contributed by atoms with van der Waals surface area (Å²) in [7, 11) is -4.49. The number of benzene rings is 1. The standard InChI is InChI=1S/C19H40O2Si4/c1-17(20)16-19(18-14-12-11-13-15-18)21-25(22(2,3)4,23(5,6)7)24(8,9)10/h11-15,17,19-20H,16H2,1-10H3/t17-,19+/m1/s1. The van der Waals surface area contributed by atoms with Gasteiger partial charge in [-0.05, 0) is 12.5 Å². The van der Waals surface area contributed by atoms with Crippen molar-refractivity contribution < 1.29 is 9.53 Å². The molecule has 0 amide bonds. The van der Waals surface area contributed by atoms with Crippen LogP contribution >= 0.6 is 0 Å². The number of aliphatic hydroxyl groups is 1. The van der Waals surface area contributed by atoms with Gasteiger partial charge in [-0.1, -0.05) is 89.3 Å². The number of aliphatic hydroxyl groups excluding tert-OH is 1. The Morgan fingerprint density at radius 2 is 1.20 bits per heavy atom. The third kappa shape index (κ3) is 5.05. The maximum atomic E-state index is 10.2. The molecule has 0 unspecified atom stereocenters. The molecule has 0 aliphatic carbocycles. The lowest BCUT2D eigenvalue weighted by Gasteiger charge is -2.57. The van der Waals surface area contributed by atoms with E-state index >= 15 is 0 Å². The van der Waals surface area contributed by atoms with Crippen LogP contribution < -0.4 is 0 Å². The summed E-state index contributed by atoms with van der Waals surface area (Å²) < 4.78 is 7.39. The predicted octanol–water partition coefficient (Wildman–Crippen LogP) is 5.71. The SMILES string of the molecule is C[C@@H](O)C[C@H](O[Si]([Si](C)(C)C)([Si](C)(C)C)[Si](C)(C)C)c1ccccc1. The number of hydrogen-bond donors (Lipinski definition) is 1. The van der Waals surface area contributed by atoms with E-state index in [1.807, 2.05) is 6.92 Å². The van der Waals surface area contributed by atoms with E-state index in [4.69, 9.17) is 4.43 Å². The van der Waals surface area contributed by atoms with Gasteiger partial charge < -0.3 is 9.53 Å². The quantitative estimate of drug-likeness (QED) is 0.554. The monoisotopic (exact) mass is 412 g/mol. The molecule has 0 aliphatic rings. The van der Waals surface area contributed by atoms with E-state index in [9.17, 15) is 5.11 Å². The molecule has 1 N–H and O–H groups in total. The largest absolute Gasteiger partial charge is 0.419 e. The van der Waals surface area contributed by atoms with Gasteiger partial charge in [0.1, 0.15) is 0 Å². The highest BCUT2D eigenvalue weighted by atomic mass is 29.9. The molecule has 0 aromatic heterocycles. The third-order valence-corrected chi connectivity index (χ3v) is 72.8. The normalized spacial score (nSPS) is 16.6. The topological polar surface area (TPSA) is 29.5 Å². The molecule has 2 nitrogen and oxygen atoms in total. The van der Waals surface area contributed by atoms with E-state index < -0.39 is 29.6 Å². The molecule has 25 heavy (non-hydrogen) atoms. The molecule has 0 saturated heterocycles. The Morgan fingerprint density at radius 1 is 0.800 bits per heavy atom. The summed E-state index contributed by atoms with van der Waals surface area (Å²) in [6.45, 7) is 22.9. The van der Waals surface area contributed by atoms with E-state index in [0.717, 1.165) is 0 Å².